The van der Waals surface area contributed by atoms with Crippen molar-refractivity contribution in [2.24, 2.45) is 0 Å². The van der Waals surface area contributed by atoms with Gasteiger partial charge in [0, 0.05) is 18.8 Å². The molecule has 0 unspecified atom stereocenters. The number of anilines is 2. The number of rotatable bonds is 3. The Morgan fingerprint density at radius 1 is 1.09 bits per heavy atom. The van der Waals surface area contributed by atoms with Crippen LogP contribution < -0.4 is 5.32 Å². The highest BCUT2D eigenvalue weighted by molar-refractivity contribution is 5.92. The molecule has 0 atom stereocenters. The number of nitrogens with zero attached hydrogens (tertiary/aromatic N) is 2. The van der Waals surface area contributed by atoms with Crippen molar-refractivity contribution in [3.05, 3.63) is 53.3 Å². The summed E-state index contributed by atoms with van der Waals surface area (Å²) >= 11 is 0. The lowest BCUT2D eigenvalue weighted by molar-refractivity contribution is 0.0718. The van der Waals surface area contributed by atoms with E-state index in [1.54, 1.807) is 6.20 Å². The Labute approximate surface area is 137 Å². The predicted molar refractivity (Wildman–Crippen MR) is 93.2 cm³/mol. The van der Waals surface area contributed by atoms with Crippen LogP contribution in [-0.2, 0) is 0 Å². The minimum Gasteiger partial charge on any atom is -0.354 e. The highest BCUT2D eigenvalue weighted by Gasteiger charge is 2.18. The zero-order valence-electron chi connectivity index (χ0n) is 13.8. The van der Waals surface area contributed by atoms with Crippen LogP contribution >= 0.6 is 0 Å². The first kappa shape index (κ1) is 15.5. The monoisotopic (exact) mass is 309 g/mol. The summed E-state index contributed by atoms with van der Waals surface area (Å²) in [4.78, 5) is 18.7. The van der Waals surface area contributed by atoms with Crippen LogP contribution in [0.4, 0.5) is 11.4 Å². The first-order chi connectivity index (χ1) is 11.1. The van der Waals surface area contributed by atoms with E-state index in [0.717, 1.165) is 37.3 Å². The minimum atomic E-state index is 0.0444. The van der Waals surface area contributed by atoms with Gasteiger partial charge in [-0.05, 0) is 62.4 Å². The standard InChI is InChI=1S/C19H23N3O/c1-14-6-7-15(2)18(12-14)21-16-8-9-17(20-13-16)19(23)22-10-4-3-5-11-22/h6-9,12-13,21H,3-5,10-11H2,1-2H3. The first-order valence-corrected chi connectivity index (χ1v) is 8.23. The highest BCUT2D eigenvalue weighted by Crippen LogP contribution is 2.21. The second-order valence-electron chi connectivity index (χ2n) is 6.23. The number of aryl methyl sites for hydroxylation is 2. The third-order valence-corrected chi connectivity index (χ3v) is 4.30. The molecule has 2 heterocycles. The second kappa shape index (κ2) is 6.82. The molecule has 0 aliphatic carbocycles. The first-order valence-electron chi connectivity index (χ1n) is 8.23. The average molecular weight is 309 g/mol. The largest absolute Gasteiger partial charge is 0.354 e. The molecule has 3 rings (SSSR count). The average Bonchev–Trinajstić information content (AvgIpc) is 2.59. The normalized spacial score (nSPS) is 14.6. The Hall–Kier alpha value is -2.36. The Bertz CT molecular complexity index is 688. The van der Waals surface area contributed by atoms with E-state index in [1.165, 1.54) is 17.5 Å². The molecular formula is C19H23N3O. The van der Waals surface area contributed by atoms with Crippen molar-refractivity contribution in [2.45, 2.75) is 33.1 Å². The van der Waals surface area contributed by atoms with Gasteiger partial charge in [0.25, 0.3) is 5.91 Å². The fourth-order valence-electron chi connectivity index (χ4n) is 2.88. The number of pyridine rings is 1. The van der Waals surface area contributed by atoms with Crippen LogP contribution in [0.5, 0.6) is 0 Å². The number of carbonyl (C=O) groups excluding carboxylic acids is 1. The van der Waals surface area contributed by atoms with Gasteiger partial charge in [0.1, 0.15) is 5.69 Å². The number of amides is 1. The molecule has 0 saturated carbocycles. The van der Waals surface area contributed by atoms with Crippen molar-refractivity contribution >= 4 is 17.3 Å². The van der Waals surface area contributed by atoms with Gasteiger partial charge in [-0.1, -0.05) is 12.1 Å². The van der Waals surface area contributed by atoms with Crippen LogP contribution in [-0.4, -0.2) is 28.9 Å². The topological polar surface area (TPSA) is 45.2 Å². The van der Waals surface area contributed by atoms with Crippen molar-refractivity contribution in [1.29, 1.82) is 0 Å². The van der Waals surface area contributed by atoms with Crippen molar-refractivity contribution in [3.63, 3.8) is 0 Å². The molecular weight excluding hydrogens is 286 g/mol. The molecule has 1 aromatic carbocycles. The van der Waals surface area contributed by atoms with Gasteiger partial charge in [-0.3, -0.25) is 4.79 Å². The maximum atomic E-state index is 12.4. The molecule has 1 fully saturated rings. The maximum Gasteiger partial charge on any atom is 0.272 e. The van der Waals surface area contributed by atoms with Gasteiger partial charge in [0.15, 0.2) is 0 Å². The zero-order valence-corrected chi connectivity index (χ0v) is 13.8. The smallest absolute Gasteiger partial charge is 0.272 e. The number of piperidine rings is 1. The molecule has 0 bridgehead atoms. The van der Waals surface area contributed by atoms with Gasteiger partial charge in [0.05, 0.1) is 11.9 Å². The van der Waals surface area contributed by atoms with E-state index in [2.05, 4.69) is 42.3 Å². The summed E-state index contributed by atoms with van der Waals surface area (Å²) in [5, 5.41) is 3.37. The SMILES string of the molecule is Cc1ccc(C)c(Nc2ccc(C(=O)N3CCCCC3)nc2)c1. The van der Waals surface area contributed by atoms with Gasteiger partial charge in [-0.25, -0.2) is 4.98 Å². The van der Waals surface area contributed by atoms with E-state index >= 15 is 0 Å². The van der Waals surface area contributed by atoms with Gasteiger partial charge in [-0.2, -0.15) is 0 Å². The molecule has 0 radical (unpaired) electrons. The zero-order chi connectivity index (χ0) is 16.2. The molecule has 1 saturated heterocycles. The van der Waals surface area contributed by atoms with Crippen LogP contribution in [0.3, 0.4) is 0 Å². The molecule has 1 aliphatic rings. The Kier molecular flexibility index (Phi) is 4.60. The molecule has 2 aromatic rings. The lowest BCUT2D eigenvalue weighted by atomic mass is 10.1. The minimum absolute atomic E-state index is 0.0444. The number of nitrogens with one attached hydrogen (secondary N) is 1. The van der Waals surface area contributed by atoms with Crippen LogP contribution in [0, 0.1) is 13.8 Å². The van der Waals surface area contributed by atoms with E-state index in [-0.39, 0.29) is 5.91 Å². The summed E-state index contributed by atoms with van der Waals surface area (Å²) in [7, 11) is 0. The third-order valence-electron chi connectivity index (χ3n) is 4.30. The highest BCUT2D eigenvalue weighted by atomic mass is 16.2. The molecule has 1 N–H and O–H groups in total. The quantitative estimate of drug-likeness (QED) is 0.929. The van der Waals surface area contributed by atoms with Gasteiger partial charge >= 0.3 is 0 Å². The van der Waals surface area contributed by atoms with Crippen molar-refractivity contribution in [3.8, 4) is 0 Å². The number of likely N-dealkylation sites (tertiary alicyclic amines) is 1. The van der Waals surface area contributed by atoms with E-state index in [4.69, 9.17) is 0 Å². The van der Waals surface area contributed by atoms with Crippen LogP contribution in [0.2, 0.25) is 0 Å². The molecule has 1 aromatic heterocycles. The summed E-state index contributed by atoms with van der Waals surface area (Å²) in [6.07, 6.45) is 5.14. The molecule has 4 nitrogen and oxygen atoms in total. The van der Waals surface area contributed by atoms with Gasteiger partial charge < -0.3 is 10.2 Å². The molecule has 4 heteroatoms. The Morgan fingerprint density at radius 3 is 2.57 bits per heavy atom. The number of hydrogen-bond donors (Lipinski definition) is 1. The summed E-state index contributed by atoms with van der Waals surface area (Å²) in [6.45, 7) is 5.85. The van der Waals surface area contributed by atoms with Crippen molar-refractivity contribution in [1.82, 2.24) is 9.88 Å². The molecule has 0 spiro atoms. The number of aromatic nitrogens is 1. The van der Waals surface area contributed by atoms with E-state index in [1.807, 2.05) is 17.0 Å². The van der Waals surface area contributed by atoms with Crippen molar-refractivity contribution < 1.29 is 4.79 Å². The van der Waals surface area contributed by atoms with Gasteiger partial charge in [0.2, 0.25) is 0 Å². The molecule has 23 heavy (non-hydrogen) atoms. The third kappa shape index (κ3) is 3.70. The summed E-state index contributed by atoms with van der Waals surface area (Å²) < 4.78 is 0. The van der Waals surface area contributed by atoms with Crippen molar-refractivity contribution in [2.75, 3.05) is 18.4 Å². The number of carbonyl (C=O) groups is 1. The molecule has 1 amide bonds. The number of hydrogen-bond acceptors (Lipinski definition) is 3. The fraction of sp³-hybridized carbons (Fsp3) is 0.368. The summed E-state index contributed by atoms with van der Waals surface area (Å²) in [6, 6.07) is 10.0. The number of benzene rings is 1. The molecule has 1 aliphatic heterocycles. The van der Waals surface area contributed by atoms with Crippen LogP contribution in [0.25, 0.3) is 0 Å². The molecule has 120 valence electrons. The maximum absolute atomic E-state index is 12.4. The van der Waals surface area contributed by atoms with E-state index in [9.17, 15) is 4.79 Å². The lowest BCUT2D eigenvalue weighted by Crippen LogP contribution is -2.36. The Balaban J connectivity index is 1.71. The van der Waals surface area contributed by atoms with E-state index in [0.29, 0.717) is 5.69 Å². The van der Waals surface area contributed by atoms with Gasteiger partial charge in [-0.15, -0.1) is 0 Å². The van der Waals surface area contributed by atoms with E-state index < -0.39 is 0 Å². The fourth-order valence-corrected chi connectivity index (χ4v) is 2.88. The predicted octanol–water partition coefficient (Wildman–Crippen LogP) is 4.07. The second-order valence-corrected chi connectivity index (χ2v) is 6.23. The van der Waals surface area contributed by atoms with Crippen LogP contribution in [0.1, 0.15) is 40.9 Å². The summed E-state index contributed by atoms with van der Waals surface area (Å²) in [5.74, 6) is 0.0444. The van der Waals surface area contributed by atoms with Crippen LogP contribution in [0.15, 0.2) is 36.5 Å². The lowest BCUT2D eigenvalue weighted by Gasteiger charge is -2.26. The Morgan fingerprint density at radius 2 is 1.87 bits per heavy atom. The summed E-state index contributed by atoms with van der Waals surface area (Å²) in [5.41, 5.74) is 4.89.